The normalized spacial score (nSPS) is 17.1. The second-order valence-corrected chi connectivity index (χ2v) is 8.53. The van der Waals surface area contributed by atoms with Crippen molar-refractivity contribution in [1.82, 2.24) is 4.90 Å². The van der Waals surface area contributed by atoms with Crippen molar-refractivity contribution < 1.29 is 13.2 Å². The van der Waals surface area contributed by atoms with Gasteiger partial charge in [0.25, 0.3) is 15.0 Å². The molecular formula is C14H17BrClNO3S. The molecule has 116 valence electrons. The summed E-state index contributed by atoms with van der Waals surface area (Å²) in [6.45, 7) is 1.44. The van der Waals surface area contributed by atoms with Crippen LogP contribution >= 0.6 is 26.6 Å². The molecule has 1 aromatic carbocycles. The minimum absolute atomic E-state index is 0.0675. The number of hydrogen-bond acceptors (Lipinski definition) is 3. The van der Waals surface area contributed by atoms with Gasteiger partial charge in [-0.15, -0.1) is 0 Å². The minimum atomic E-state index is -3.88. The molecule has 1 aliphatic heterocycles. The van der Waals surface area contributed by atoms with Crippen LogP contribution in [0.3, 0.4) is 0 Å². The fourth-order valence-electron chi connectivity index (χ4n) is 2.46. The highest BCUT2D eigenvalue weighted by Gasteiger charge is 2.21. The van der Waals surface area contributed by atoms with Gasteiger partial charge in [-0.1, -0.05) is 19.3 Å². The first-order valence-electron chi connectivity index (χ1n) is 6.93. The number of nitrogens with zero attached hydrogens (tertiary/aromatic N) is 1. The van der Waals surface area contributed by atoms with Crippen LogP contribution in [0.15, 0.2) is 27.6 Å². The van der Waals surface area contributed by atoms with Gasteiger partial charge in [-0.2, -0.15) is 0 Å². The Balaban J connectivity index is 2.26. The molecule has 7 heteroatoms. The SMILES string of the molecule is O=C(c1ccc(Br)c(S(=O)(=O)Cl)c1)N1CCCCCCC1. The Kier molecular flexibility index (Phi) is 5.68. The first-order valence-corrected chi connectivity index (χ1v) is 10.0. The molecule has 1 aromatic rings. The summed E-state index contributed by atoms with van der Waals surface area (Å²) >= 11 is 3.15. The molecule has 0 spiro atoms. The fourth-order valence-corrected chi connectivity index (χ4v) is 4.57. The largest absolute Gasteiger partial charge is 0.339 e. The fraction of sp³-hybridized carbons (Fsp3) is 0.500. The van der Waals surface area contributed by atoms with Gasteiger partial charge >= 0.3 is 0 Å². The number of carbonyl (C=O) groups excluding carboxylic acids is 1. The second-order valence-electron chi connectivity index (χ2n) is 5.14. The quantitative estimate of drug-likeness (QED) is 0.717. The van der Waals surface area contributed by atoms with Gasteiger partial charge in [-0.05, 0) is 47.0 Å². The van der Waals surface area contributed by atoms with Gasteiger partial charge in [0, 0.05) is 33.8 Å². The van der Waals surface area contributed by atoms with Crippen molar-refractivity contribution in [3.63, 3.8) is 0 Å². The zero-order valence-corrected chi connectivity index (χ0v) is 14.7. The average molecular weight is 395 g/mol. The van der Waals surface area contributed by atoms with E-state index < -0.39 is 9.05 Å². The summed E-state index contributed by atoms with van der Waals surface area (Å²) in [5.74, 6) is -0.133. The van der Waals surface area contributed by atoms with E-state index in [4.69, 9.17) is 10.7 Å². The Morgan fingerprint density at radius 1 is 1.10 bits per heavy atom. The van der Waals surface area contributed by atoms with E-state index in [0.29, 0.717) is 10.0 Å². The smallest absolute Gasteiger partial charge is 0.262 e. The maximum Gasteiger partial charge on any atom is 0.262 e. The lowest BCUT2D eigenvalue weighted by Crippen LogP contribution is -2.33. The van der Waals surface area contributed by atoms with Crippen LogP contribution in [0.25, 0.3) is 0 Å². The van der Waals surface area contributed by atoms with Crippen LogP contribution < -0.4 is 0 Å². The molecule has 0 bridgehead atoms. The maximum atomic E-state index is 12.5. The number of amides is 1. The summed E-state index contributed by atoms with van der Waals surface area (Å²) in [5.41, 5.74) is 0.359. The summed E-state index contributed by atoms with van der Waals surface area (Å²) < 4.78 is 23.4. The summed E-state index contributed by atoms with van der Waals surface area (Å²) in [5, 5.41) is 0. The van der Waals surface area contributed by atoms with Crippen LogP contribution in [-0.4, -0.2) is 32.3 Å². The summed E-state index contributed by atoms with van der Waals surface area (Å²) in [4.78, 5) is 14.3. The van der Waals surface area contributed by atoms with Gasteiger partial charge in [0.15, 0.2) is 0 Å². The molecule has 1 saturated heterocycles. The van der Waals surface area contributed by atoms with Gasteiger partial charge < -0.3 is 4.90 Å². The van der Waals surface area contributed by atoms with Gasteiger partial charge in [0.2, 0.25) is 0 Å². The van der Waals surface area contributed by atoms with E-state index in [-0.39, 0.29) is 10.8 Å². The van der Waals surface area contributed by atoms with Crippen LogP contribution in [0.1, 0.15) is 42.5 Å². The Bertz CT molecular complexity index is 625. The highest BCUT2D eigenvalue weighted by atomic mass is 79.9. The zero-order valence-electron chi connectivity index (χ0n) is 11.5. The third-order valence-electron chi connectivity index (χ3n) is 3.58. The Morgan fingerprint density at radius 3 is 2.24 bits per heavy atom. The first kappa shape index (κ1) is 16.8. The zero-order chi connectivity index (χ0) is 15.5. The third kappa shape index (κ3) is 4.44. The molecule has 0 unspecified atom stereocenters. The molecule has 0 aliphatic carbocycles. The molecule has 0 N–H and O–H groups in total. The van der Waals surface area contributed by atoms with E-state index in [0.717, 1.165) is 38.8 Å². The van der Waals surface area contributed by atoms with E-state index >= 15 is 0 Å². The van der Waals surface area contributed by atoms with Crippen LogP contribution in [0.5, 0.6) is 0 Å². The predicted molar refractivity (Wildman–Crippen MR) is 86.2 cm³/mol. The van der Waals surface area contributed by atoms with Crippen LogP contribution in [0, 0.1) is 0 Å². The number of carbonyl (C=O) groups is 1. The first-order chi connectivity index (χ1) is 9.89. The van der Waals surface area contributed by atoms with Crippen molar-refractivity contribution in [2.24, 2.45) is 0 Å². The number of likely N-dealkylation sites (tertiary alicyclic amines) is 1. The van der Waals surface area contributed by atoms with Crippen LogP contribution in [0.4, 0.5) is 0 Å². The van der Waals surface area contributed by atoms with Crippen molar-refractivity contribution in [2.75, 3.05) is 13.1 Å². The molecule has 21 heavy (non-hydrogen) atoms. The monoisotopic (exact) mass is 393 g/mol. The maximum absolute atomic E-state index is 12.5. The van der Waals surface area contributed by atoms with E-state index in [1.165, 1.54) is 12.5 Å². The molecule has 1 fully saturated rings. The molecule has 0 saturated carbocycles. The molecule has 1 heterocycles. The van der Waals surface area contributed by atoms with Crippen LogP contribution in [-0.2, 0) is 9.05 Å². The van der Waals surface area contributed by atoms with Crippen molar-refractivity contribution in [1.29, 1.82) is 0 Å². The molecular weight excluding hydrogens is 378 g/mol. The van der Waals surface area contributed by atoms with Crippen LogP contribution in [0.2, 0.25) is 0 Å². The Labute approximate surface area is 138 Å². The highest BCUT2D eigenvalue weighted by Crippen LogP contribution is 2.27. The van der Waals surface area contributed by atoms with Gasteiger partial charge in [-0.3, -0.25) is 4.79 Å². The second kappa shape index (κ2) is 7.11. The molecule has 0 atom stereocenters. The van der Waals surface area contributed by atoms with E-state index in [1.807, 2.05) is 0 Å². The van der Waals surface area contributed by atoms with E-state index in [9.17, 15) is 13.2 Å². The Morgan fingerprint density at radius 2 is 1.67 bits per heavy atom. The summed E-state index contributed by atoms with van der Waals surface area (Å²) in [7, 11) is 1.51. The Hall–Kier alpha value is -0.590. The molecule has 2 rings (SSSR count). The molecule has 0 radical (unpaired) electrons. The van der Waals surface area contributed by atoms with Gasteiger partial charge in [0.1, 0.15) is 0 Å². The van der Waals surface area contributed by atoms with Gasteiger partial charge in [-0.25, -0.2) is 8.42 Å². The number of hydrogen-bond donors (Lipinski definition) is 0. The number of rotatable bonds is 2. The van der Waals surface area contributed by atoms with Gasteiger partial charge in [0.05, 0.1) is 4.90 Å². The van der Waals surface area contributed by atoms with E-state index in [2.05, 4.69) is 15.9 Å². The highest BCUT2D eigenvalue weighted by molar-refractivity contribution is 9.10. The summed E-state index contributed by atoms with van der Waals surface area (Å²) in [6, 6.07) is 4.51. The lowest BCUT2D eigenvalue weighted by Gasteiger charge is -2.25. The van der Waals surface area contributed by atoms with Crippen molar-refractivity contribution in [3.8, 4) is 0 Å². The predicted octanol–water partition coefficient (Wildman–Crippen LogP) is 3.78. The molecule has 1 aliphatic rings. The van der Waals surface area contributed by atoms with E-state index in [1.54, 1.807) is 17.0 Å². The standard InChI is InChI=1S/C14H17BrClNO3S/c15-12-7-6-11(10-13(12)21(16,19)20)14(18)17-8-4-2-1-3-5-9-17/h6-7,10H,1-5,8-9H2. The van der Waals surface area contributed by atoms with Crippen molar-refractivity contribution >= 4 is 41.6 Å². The minimum Gasteiger partial charge on any atom is -0.339 e. The lowest BCUT2D eigenvalue weighted by atomic mass is 10.1. The summed E-state index contributed by atoms with van der Waals surface area (Å²) in [6.07, 6.45) is 5.46. The van der Waals surface area contributed by atoms with Crippen molar-refractivity contribution in [2.45, 2.75) is 37.0 Å². The average Bonchev–Trinajstić information content (AvgIpc) is 2.36. The third-order valence-corrected chi connectivity index (χ3v) is 5.90. The lowest BCUT2D eigenvalue weighted by molar-refractivity contribution is 0.0742. The molecule has 0 aromatic heterocycles. The molecule has 1 amide bonds. The number of benzene rings is 1. The topological polar surface area (TPSA) is 54.5 Å². The number of halogens is 2. The van der Waals surface area contributed by atoms with Crippen molar-refractivity contribution in [3.05, 3.63) is 28.2 Å². The molecule has 4 nitrogen and oxygen atoms in total.